The number of pyridine rings is 1. The summed E-state index contributed by atoms with van der Waals surface area (Å²) >= 11 is 0. The Morgan fingerprint density at radius 3 is 2.37 bits per heavy atom. The Bertz CT molecular complexity index is 426. The minimum atomic E-state index is -0.0380. The van der Waals surface area contributed by atoms with Crippen LogP contribution in [0.4, 0.5) is 5.82 Å². The molecule has 0 unspecified atom stereocenters. The highest BCUT2D eigenvalue weighted by molar-refractivity contribution is 5.93. The van der Waals surface area contributed by atoms with Crippen molar-refractivity contribution < 1.29 is 4.79 Å². The van der Waals surface area contributed by atoms with Gasteiger partial charge in [-0.1, -0.05) is 13.8 Å². The predicted octanol–water partition coefficient (Wildman–Crippen LogP) is 1.20. The summed E-state index contributed by atoms with van der Waals surface area (Å²) in [5.41, 5.74) is 6.37. The maximum Gasteiger partial charge on any atom is 0.254 e. The molecule has 1 amide bonds. The number of aromatic nitrogens is 1. The van der Waals surface area contributed by atoms with E-state index in [0.717, 1.165) is 12.4 Å². The van der Waals surface area contributed by atoms with Crippen molar-refractivity contribution in [3.05, 3.63) is 23.9 Å². The molecule has 2 N–H and O–H groups in total. The normalized spacial score (nSPS) is 11.3. The molecule has 1 heterocycles. The number of carbonyl (C=O) groups is 1. The van der Waals surface area contributed by atoms with E-state index in [1.807, 2.05) is 13.1 Å². The summed E-state index contributed by atoms with van der Waals surface area (Å²) in [6, 6.07) is 3.67. The van der Waals surface area contributed by atoms with Gasteiger partial charge < -0.3 is 15.5 Å². The number of hydrogen-bond acceptors (Lipinski definition) is 4. The van der Waals surface area contributed by atoms with E-state index in [0.29, 0.717) is 12.1 Å². The fourth-order valence-corrected chi connectivity index (χ4v) is 1.78. The van der Waals surface area contributed by atoms with Crippen molar-refractivity contribution in [3.63, 3.8) is 0 Å². The molecular formula is C14H24N4O. The molecule has 0 bridgehead atoms. The third-order valence-electron chi connectivity index (χ3n) is 3.01. The minimum absolute atomic E-state index is 0.0363. The topological polar surface area (TPSA) is 62.5 Å². The highest BCUT2D eigenvalue weighted by Gasteiger charge is 2.19. The van der Waals surface area contributed by atoms with E-state index in [1.54, 1.807) is 26.4 Å². The van der Waals surface area contributed by atoms with Crippen LogP contribution in [0.2, 0.25) is 0 Å². The first-order valence-electron chi connectivity index (χ1n) is 6.36. The molecule has 0 aliphatic carbocycles. The van der Waals surface area contributed by atoms with Gasteiger partial charge in [-0.15, -0.1) is 0 Å². The summed E-state index contributed by atoms with van der Waals surface area (Å²) < 4.78 is 0. The van der Waals surface area contributed by atoms with Crippen LogP contribution in [0, 0.1) is 5.41 Å². The molecule has 5 heteroatoms. The van der Waals surface area contributed by atoms with Gasteiger partial charge in [0.1, 0.15) is 5.82 Å². The molecule has 1 aromatic heterocycles. The SMILES string of the molecule is CN(C)C(=O)c1ccc(N(C)CC(C)(C)CN)nc1. The molecule has 0 saturated carbocycles. The number of carbonyl (C=O) groups excluding carboxylic acids is 1. The number of rotatable bonds is 5. The van der Waals surface area contributed by atoms with E-state index in [4.69, 9.17) is 5.73 Å². The van der Waals surface area contributed by atoms with Gasteiger partial charge in [-0.3, -0.25) is 4.79 Å². The van der Waals surface area contributed by atoms with E-state index >= 15 is 0 Å². The summed E-state index contributed by atoms with van der Waals surface area (Å²) in [6.07, 6.45) is 1.61. The average Bonchev–Trinajstić information content (AvgIpc) is 2.37. The fraction of sp³-hybridized carbons (Fsp3) is 0.571. The lowest BCUT2D eigenvalue weighted by molar-refractivity contribution is 0.0827. The maximum atomic E-state index is 11.8. The molecule has 0 radical (unpaired) electrons. The van der Waals surface area contributed by atoms with Crippen molar-refractivity contribution in [2.24, 2.45) is 11.1 Å². The van der Waals surface area contributed by atoms with Crippen LogP contribution in [0.5, 0.6) is 0 Å². The molecule has 0 atom stereocenters. The molecule has 0 fully saturated rings. The largest absolute Gasteiger partial charge is 0.359 e. The van der Waals surface area contributed by atoms with Crippen molar-refractivity contribution in [2.45, 2.75) is 13.8 Å². The van der Waals surface area contributed by atoms with Crippen molar-refractivity contribution >= 4 is 11.7 Å². The quantitative estimate of drug-likeness (QED) is 0.868. The van der Waals surface area contributed by atoms with Crippen molar-refractivity contribution in [1.29, 1.82) is 0 Å². The number of hydrogen-bond donors (Lipinski definition) is 1. The van der Waals surface area contributed by atoms with E-state index in [-0.39, 0.29) is 11.3 Å². The molecule has 19 heavy (non-hydrogen) atoms. The molecule has 0 aromatic carbocycles. The third kappa shape index (κ3) is 4.21. The average molecular weight is 264 g/mol. The van der Waals surface area contributed by atoms with Crippen LogP contribution < -0.4 is 10.6 Å². The zero-order valence-electron chi connectivity index (χ0n) is 12.5. The van der Waals surface area contributed by atoms with Gasteiger partial charge in [0.05, 0.1) is 5.56 Å². The fourth-order valence-electron chi connectivity index (χ4n) is 1.78. The van der Waals surface area contributed by atoms with Crippen molar-refractivity contribution in [2.75, 3.05) is 39.1 Å². The Morgan fingerprint density at radius 1 is 1.32 bits per heavy atom. The second-order valence-corrected chi connectivity index (χ2v) is 5.83. The lowest BCUT2D eigenvalue weighted by atomic mass is 9.93. The first-order valence-corrected chi connectivity index (χ1v) is 6.36. The van der Waals surface area contributed by atoms with E-state index in [2.05, 4.69) is 23.7 Å². The summed E-state index contributed by atoms with van der Waals surface area (Å²) in [5, 5.41) is 0. The Morgan fingerprint density at radius 2 is 1.95 bits per heavy atom. The first-order chi connectivity index (χ1) is 8.76. The molecule has 0 saturated heterocycles. The van der Waals surface area contributed by atoms with Gasteiger partial charge in [0.15, 0.2) is 0 Å². The lowest BCUT2D eigenvalue weighted by Crippen LogP contribution is -2.37. The lowest BCUT2D eigenvalue weighted by Gasteiger charge is -2.29. The van der Waals surface area contributed by atoms with Crippen LogP contribution in [-0.4, -0.2) is 50.0 Å². The molecule has 106 valence electrons. The zero-order chi connectivity index (χ0) is 14.6. The smallest absolute Gasteiger partial charge is 0.254 e. The van der Waals surface area contributed by atoms with Crippen molar-refractivity contribution in [1.82, 2.24) is 9.88 Å². The van der Waals surface area contributed by atoms with Crippen LogP contribution in [0.25, 0.3) is 0 Å². The Hall–Kier alpha value is -1.62. The molecule has 5 nitrogen and oxygen atoms in total. The van der Waals surface area contributed by atoms with Gasteiger partial charge in [-0.25, -0.2) is 4.98 Å². The molecule has 0 aliphatic rings. The molecule has 1 aromatic rings. The first kappa shape index (κ1) is 15.4. The number of nitrogens with zero attached hydrogens (tertiary/aromatic N) is 3. The predicted molar refractivity (Wildman–Crippen MR) is 78.4 cm³/mol. The molecule has 0 spiro atoms. The Labute approximate surface area is 115 Å². The summed E-state index contributed by atoms with van der Waals surface area (Å²) in [5.74, 6) is 0.806. The minimum Gasteiger partial charge on any atom is -0.359 e. The van der Waals surface area contributed by atoms with Gasteiger partial charge in [0.2, 0.25) is 0 Å². The summed E-state index contributed by atoms with van der Waals surface area (Å²) in [6.45, 7) is 5.67. The van der Waals surface area contributed by atoms with Crippen LogP contribution >= 0.6 is 0 Å². The Balaban J connectivity index is 2.79. The summed E-state index contributed by atoms with van der Waals surface area (Å²) in [7, 11) is 5.44. The molecular weight excluding hydrogens is 240 g/mol. The van der Waals surface area contributed by atoms with E-state index in [9.17, 15) is 4.79 Å². The van der Waals surface area contributed by atoms with Gasteiger partial charge in [-0.05, 0) is 24.1 Å². The van der Waals surface area contributed by atoms with Gasteiger partial charge in [0.25, 0.3) is 5.91 Å². The number of amides is 1. The van der Waals surface area contributed by atoms with Crippen molar-refractivity contribution in [3.8, 4) is 0 Å². The Kier molecular flexibility index (Phi) is 4.89. The van der Waals surface area contributed by atoms with Crippen LogP contribution in [0.1, 0.15) is 24.2 Å². The second-order valence-electron chi connectivity index (χ2n) is 5.83. The highest BCUT2D eigenvalue weighted by atomic mass is 16.2. The van der Waals surface area contributed by atoms with Gasteiger partial charge in [-0.2, -0.15) is 0 Å². The third-order valence-corrected chi connectivity index (χ3v) is 3.01. The summed E-state index contributed by atoms with van der Waals surface area (Å²) in [4.78, 5) is 19.7. The van der Waals surface area contributed by atoms with E-state index < -0.39 is 0 Å². The monoisotopic (exact) mass is 264 g/mol. The number of nitrogens with two attached hydrogens (primary N) is 1. The van der Waals surface area contributed by atoms with Crippen LogP contribution in [-0.2, 0) is 0 Å². The molecule has 1 rings (SSSR count). The van der Waals surface area contributed by atoms with Crippen LogP contribution in [0.3, 0.4) is 0 Å². The maximum absolute atomic E-state index is 11.8. The highest BCUT2D eigenvalue weighted by Crippen LogP contribution is 2.18. The standard InChI is InChI=1S/C14H24N4O/c1-14(2,9-15)10-18(5)12-7-6-11(8-16-12)13(19)17(3)4/h6-8H,9-10,15H2,1-5H3. The van der Waals surface area contributed by atoms with Gasteiger partial charge in [0, 0.05) is 33.9 Å². The zero-order valence-corrected chi connectivity index (χ0v) is 12.5. The number of anilines is 1. The van der Waals surface area contributed by atoms with Crippen LogP contribution in [0.15, 0.2) is 18.3 Å². The van der Waals surface area contributed by atoms with Gasteiger partial charge >= 0.3 is 0 Å². The second kappa shape index (κ2) is 6.02. The molecule has 0 aliphatic heterocycles. The van der Waals surface area contributed by atoms with E-state index in [1.165, 1.54) is 4.90 Å².